The highest BCUT2D eigenvalue weighted by Crippen LogP contribution is 2.22. The summed E-state index contributed by atoms with van der Waals surface area (Å²) in [5, 5.41) is 3.44. The predicted octanol–water partition coefficient (Wildman–Crippen LogP) is 1.91. The lowest BCUT2D eigenvalue weighted by atomic mass is 9.94. The van der Waals surface area contributed by atoms with E-state index in [2.05, 4.69) is 17.1 Å². The van der Waals surface area contributed by atoms with Crippen LogP contribution in [0, 0.1) is 5.92 Å². The molecule has 0 aromatic rings. The molecule has 0 radical (unpaired) electrons. The Morgan fingerprint density at radius 2 is 1.94 bits per heavy atom. The van der Waals surface area contributed by atoms with Gasteiger partial charge in [-0.3, -0.25) is 0 Å². The van der Waals surface area contributed by atoms with E-state index < -0.39 is 0 Å². The van der Waals surface area contributed by atoms with Gasteiger partial charge in [0.2, 0.25) is 0 Å². The van der Waals surface area contributed by atoms with Crippen LogP contribution in [0.4, 0.5) is 0 Å². The van der Waals surface area contributed by atoms with E-state index in [0.29, 0.717) is 12.1 Å². The topological polar surface area (TPSA) is 24.5 Å². The molecule has 2 atom stereocenters. The minimum Gasteiger partial charge on any atom is -0.381 e. The highest BCUT2D eigenvalue weighted by Gasteiger charge is 2.27. The van der Waals surface area contributed by atoms with Crippen molar-refractivity contribution in [3.63, 3.8) is 0 Å². The first-order valence-corrected chi connectivity index (χ1v) is 6.77. The van der Waals surface area contributed by atoms with Crippen LogP contribution in [0.15, 0.2) is 0 Å². The van der Waals surface area contributed by atoms with Gasteiger partial charge in [-0.2, -0.15) is 0 Å². The van der Waals surface area contributed by atoms with Gasteiger partial charge in [0.1, 0.15) is 0 Å². The third-order valence-corrected chi connectivity index (χ3v) is 4.25. The molecule has 2 unspecified atom stereocenters. The van der Waals surface area contributed by atoms with Crippen LogP contribution in [0.25, 0.3) is 0 Å². The van der Waals surface area contributed by atoms with Gasteiger partial charge in [0, 0.05) is 26.2 Å². The zero-order chi connectivity index (χ0) is 11.4. The van der Waals surface area contributed by atoms with Gasteiger partial charge in [0.15, 0.2) is 0 Å². The molecule has 2 aliphatic heterocycles. The van der Waals surface area contributed by atoms with Crippen LogP contribution < -0.4 is 5.32 Å². The zero-order valence-electron chi connectivity index (χ0n) is 11.2. The Bertz CT molecular complexity index is 210. The first-order valence-electron chi connectivity index (χ1n) is 6.77. The van der Waals surface area contributed by atoms with Crippen LogP contribution in [0.1, 0.15) is 32.6 Å². The standard InChI is InChI=1S/C13H26N2O.ClH/c1-11-9-13(16-2)5-8-15(11)10-12-3-6-14-7-4-12;/h11-14H,3-10H2,1-2H3;1H. The summed E-state index contributed by atoms with van der Waals surface area (Å²) in [5.41, 5.74) is 0. The summed E-state index contributed by atoms with van der Waals surface area (Å²) in [6, 6.07) is 0.702. The monoisotopic (exact) mass is 262 g/mol. The van der Waals surface area contributed by atoms with Crippen LogP contribution >= 0.6 is 12.4 Å². The van der Waals surface area contributed by atoms with E-state index in [-0.39, 0.29) is 12.4 Å². The number of ether oxygens (including phenoxy) is 1. The fourth-order valence-corrected chi connectivity index (χ4v) is 3.06. The number of methoxy groups -OCH3 is 1. The summed E-state index contributed by atoms with van der Waals surface area (Å²) in [5.74, 6) is 0.919. The normalized spacial score (nSPS) is 32.1. The summed E-state index contributed by atoms with van der Waals surface area (Å²) in [7, 11) is 1.85. The van der Waals surface area contributed by atoms with Crippen LogP contribution in [0.3, 0.4) is 0 Å². The van der Waals surface area contributed by atoms with Crippen molar-refractivity contribution in [2.45, 2.75) is 44.8 Å². The lowest BCUT2D eigenvalue weighted by molar-refractivity contribution is 0.00881. The van der Waals surface area contributed by atoms with E-state index in [9.17, 15) is 0 Å². The molecule has 0 aromatic heterocycles. The zero-order valence-corrected chi connectivity index (χ0v) is 12.0. The second-order valence-electron chi connectivity index (χ2n) is 5.42. The van der Waals surface area contributed by atoms with Crippen LogP contribution in [-0.2, 0) is 4.74 Å². The van der Waals surface area contributed by atoms with Crippen LogP contribution in [0.5, 0.6) is 0 Å². The maximum atomic E-state index is 5.46. The fourth-order valence-electron chi connectivity index (χ4n) is 3.06. The molecule has 2 rings (SSSR count). The largest absolute Gasteiger partial charge is 0.381 e. The van der Waals surface area contributed by atoms with Crippen molar-refractivity contribution in [2.75, 3.05) is 33.3 Å². The molecule has 102 valence electrons. The van der Waals surface area contributed by atoms with E-state index in [0.717, 1.165) is 5.92 Å². The molecular formula is C13H27ClN2O. The molecule has 0 amide bonds. The first kappa shape index (κ1) is 15.2. The smallest absolute Gasteiger partial charge is 0.0598 e. The molecule has 0 aromatic carbocycles. The molecule has 2 saturated heterocycles. The summed E-state index contributed by atoms with van der Waals surface area (Å²) >= 11 is 0. The minimum atomic E-state index is 0. The van der Waals surface area contributed by atoms with Crippen molar-refractivity contribution in [3.05, 3.63) is 0 Å². The summed E-state index contributed by atoms with van der Waals surface area (Å²) < 4.78 is 5.46. The Labute approximate surface area is 112 Å². The number of halogens is 1. The number of hydrogen-bond acceptors (Lipinski definition) is 3. The average molecular weight is 263 g/mol. The Balaban J connectivity index is 0.00000144. The number of piperidine rings is 2. The van der Waals surface area contributed by atoms with Crippen molar-refractivity contribution in [3.8, 4) is 0 Å². The van der Waals surface area contributed by atoms with Gasteiger partial charge in [-0.1, -0.05) is 0 Å². The number of rotatable bonds is 3. The van der Waals surface area contributed by atoms with Gasteiger partial charge in [-0.25, -0.2) is 0 Å². The van der Waals surface area contributed by atoms with E-state index in [1.807, 2.05) is 7.11 Å². The highest BCUT2D eigenvalue weighted by atomic mass is 35.5. The minimum absolute atomic E-state index is 0. The molecule has 0 bridgehead atoms. The lowest BCUT2D eigenvalue weighted by Crippen LogP contribution is -2.46. The summed E-state index contributed by atoms with van der Waals surface area (Å²) in [6.07, 6.45) is 5.64. The SMILES string of the molecule is COC1CCN(CC2CCNCC2)C(C)C1.Cl. The average Bonchev–Trinajstić information content (AvgIpc) is 2.33. The molecule has 2 heterocycles. The maximum absolute atomic E-state index is 5.46. The summed E-state index contributed by atoms with van der Waals surface area (Å²) in [4.78, 5) is 2.67. The molecule has 1 N–H and O–H groups in total. The molecule has 2 aliphatic rings. The lowest BCUT2D eigenvalue weighted by Gasteiger charge is -2.39. The molecule has 3 nitrogen and oxygen atoms in total. The third kappa shape index (κ3) is 4.40. The fraction of sp³-hybridized carbons (Fsp3) is 1.00. The van der Waals surface area contributed by atoms with E-state index >= 15 is 0 Å². The van der Waals surface area contributed by atoms with E-state index in [1.54, 1.807) is 0 Å². The Morgan fingerprint density at radius 1 is 1.24 bits per heavy atom. The Kier molecular flexibility index (Phi) is 6.78. The van der Waals surface area contributed by atoms with E-state index in [4.69, 9.17) is 4.74 Å². The first-order chi connectivity index (χ1) is 7.79. The van der Waals surface area contributed by atoms with Gasteiger partial charge >= 0.3 is 0 Å². The van der Waals surface area contributed by atoms with Crippen molar-refractivity contribution >= 4 is 12.4 Å². The Morgan fingerprint density at radius 3 is 2.53 bits per heavy atom. The van der Waals surface area contributed by atoms with Gasteiger partial charge in [-0.15, -0.1) is 12.4 Å². The second-order valence-corrected chi connectivity index (χ2v) is 5.42. The van der Waals surface area contributed by atoms with Gasteiger partial charge in [-0.05, 0) is 51.6 Å². The molecule has 0 aliphatic carbocycles. The Hall–Kier alpha value is 0.170. The van der Waals surface area contributed by atoms with Crippen molar-refractivity contribution in [1.82, 2.24) is 10.2 Å². The highest BCUT2D eigenvalue weighted by molar-refractivity contribution is 5.85. The predicted molar refractivity (Wildman–Crippen MR) is 73.9 cm³/mol. The second kappa shape index (κ2) is 7.57. The molecule has 0 saturated carbocycles. The quantitative estimate of drug-likeness (QED) is 0.841. The van der Waals surface area contributed by atoms with Crippen LogP contribution in [0.2, 0.25) is 0 Å². The molecule has 17 heavy (non-hydrogen) atoms. The number of hydrogen-bond donors (Lipinski definition) is 1. The number of nitrogens with one attached hydrogen (secondary N) is 1. The van der Waals surface area contributed by atoms with Gasteiger partial charge in [0.25, 0.3) is 0 Å². The van der Waals surface area contributed by atoms with Crippen molar-refractivity contribution in [1.29, 1.82) is 0 Å². The molecule has 2 fully saturated rings. The number of nitrogens with zero attached hydrogens (tertiary/aromatic N) is 1. The van der Waals surface area contributed by atoms with Crippen LogP contribution in [-0.4, -0.2) is 50.3 Å². The number of likely N-dealkylation sites (tertiary alicyclic amines) is 1. The maximum Gasteiger partial charge on any atom is 0.0598 e. The molecular weight excluding hydrogens is 236 g/mol. The summed E-state index contributed by atoms with van der Waals surface area (Å²) in [6.45, 7) is 7.32. The van der Waals surface area contributed by atoms with Crippen molar-refractivity contribution in [2.24, 2.45) is 5.92 Å². The van der Waals surface area contributed by atoms with E-state index in [1.165, 1.54) is 51.9 Å². The van der Waals surface area contributed by atoms with Gasteiger partial charge in [0.05, 0.1) is 6.10 Å². The van der Waals surface area contributed by atoms with Gasteiger partial charge < -0.3 is 15.0 Å². The molecule has 0 spiro atoms. The molecule has 4 heteroatoms. The third-order valence-electron chi connectivity index (χ3n) is 4.25. The van der Waals surface area contributed by atoms with Crippen molar-refractivity contribution < 1.29 is 4.74 Å².